The van der Waals surface area contributed by atoms with E-state index in [1.807, 2.05) is 13.0 Å². The summed E-state index contributed by atoms with van der Waals surface area (Å²) in [5.41, 5.74) is 1.24. The molecule has 0 aliphatic carbocycles. The number of carbonyl (C=O) groups is 3. The Morgan fingerprint density at radius 2 is 1.81 bits per heavy atom. The van der Waals surface area contributed by atoms with Crippen molar-refractivity contribution in [3.63, 3.8) is 0 Å². The maximum Gasteiger partial charge on any atom is 0.309 e. The Balaban J connectivity index is 1.72. The zero-order valence-electron chi connectivity index (χ0n) is 21.0. The topological polar surface area (TPSA) is 134 Å². The van der Waals surface area contributed by atoms with Gasteiger partial charge in [-0.05, 0) is 45.2 Å². The zero-order chi connectivity index (χ0) is 26.1. The Morgan fingerprint density at radius 1 is 1.08 bits per heavy atom. The number of benzene rings is 1. The van der Waals surface area contributed by atoms with Crippen LogP contribution in [0, 0.1) is 12.8 Å². The van der Waals surface area contributed by atoms with Crippen molar-refractivity contribution in [2.45, 2.75) is 39.5 Å². The molecule has 0 saturated carbocycles. The van der Waals surface area contributed by atoms with Gasteiger partial charge in [0.15, 0.2) is 0 Å². The molecule has 3 rings (SSSR count). The molecule has 0 bridgehead atoms. The van der Waals surface area contributed by atoms with Gasteiger partial charge in [0.2, 0.25) is 5.91 Å². The molecule has 11 nitrogen and oxygen atoms in total. The summed E-state index contributed by atoms with van der Waals surface area (Å²) in [5, 5.41) is 5.56. The lowest BCUT2D eigenvalue weighted by molar-refractivity contribution is -0.149. The van der Waals surface area contributed by atoms with E-state index in [1.54, 1.807) is 19.1 Å². The van der Waals surface area contributed by atoms with Crippen LogP contribution in [0.5, 0.6) is 5.75 Å². The highest BCUT2D eigenvalue weighted by Crippen LogP contribution is 2.23. The van der Waals surface area contributed by atoms with Crippen LogP contribution >= 0.6 is 0 Å². The first-order valence-electron chi connectivity index (χ1n) is 12.4. The van der Waals surface area contributed by atoms with Gasteiger partial charge in [0, 0.05) is 39.1 Å². The number of piperidine rings is 1. The second-order valence-electron chi connectivity index (χ2n) is 8.89. The third-order valence-electron chi connectivity index (χ3n) is 6.25. The number of fused-ring (bicyclic) bond motifs is 1. The molecule has 1 aromatic carbocycles. The lowest BCUT2D eigenvalue weighted by Crippen LogP contribution is -2.50. The first kappa shape index (κ1) is 27.9. The second kappa shape index (κ2) is 13.0. The summed E-state index contributed by atoms with van der Waals surface area (Å²) in [6.07, 6.45) is 1.28. The maximum absolute atomic E-state index is 13.4. The number of hydrogen-bond donors (Lipinski definition) is 2. The molecular weight excluding hydrogens is 488 g/mol. The van der Waals surface area contributed by atoms with E-state index in [0.717, 1.165) is 5.56 Å². The predicted octanol–water partition coefficient (Wildman–Crippen LogP) is 0.836. The van der Waals surface area contributed by atoms with Crippen LogP contribution in [-0.2, 0) is 24.5 Å². The van der Waals surface area contributed by atoms with Gasteiger partial charge in [0.05, 0.1) is 24.6 Å². The summed E-state index contributed by atoms with van der Waals surface area (Å²) >= 11 is 0. The summed E-state index contributed by atoms with van der Waals surface area (Å²) < 4.78 is 40.3. The largest absolute Gasteiger partial charge is 0.491 e. The van der Waals surface area contributed by atoms with Crippen molar-refractivity contribution in [1.82, 2.24) is 19.2 Å². The smallest absolute Gasteiger partial charge is 0.309 e. The molecule has 0 spiro atoms. The number of rotatable bonds is 4. The van der Waals surface area contributed by atoms with E-state index in [1.165, 1.54) is 8.61 Å². The molecule has 36 heavy (non-hydrogen) atoms. The Hall–Kier alpha value is -2.70. The number of ether oxygens (including phenoxy) is 2. The second-order valence-corrected chi connectivity index (χ2v) is 10.8. The molecule has 200 valence electrons. The fourth-order valence-electron chi connectivity index (χ4n) is 4.28. The van der Waals surface area contributed by atoms with E-state index < -0.39 is 10.2 Å². The summed E-state index contributed by atoms with van der Waals surface area (Å²) in [6, 6.07) is 5.25. The van der Waals surface area contributed by atoms with Crippen LogP contribution in [0.1, 0.15) is 48.5 Å². The molecule has 2 aliphatic heterocycles. The number of nitrogens with zero attached hydrogens (tertiary/aromatic N) is 2. The number of aryl methyl sites for hydroxylation is 1. The number of esters is 1. The molecule has 0 unspecified atom stereocenters. The van der Waals surface area contributed by atoms with E-state index in [4.69, 9.17) is 9.47 Å². The molecule has 2 heterocycles. The van der Waals surface area contributed by atoms with Crippen molar-refractivity contribution in [3.8, 4) is 5.75 Å². The first-order valence-corrected chi connectivity index (χ1v) is 13.8. The van der Waals surface area contributed by atoms with Gasteiger partial charge in [-0.15, -0.1) is 0 Å². The van der Waals surface area contributed by atoms with Gasteiger partial charge in [-0.2, -0.15) is 17.0 Å². The van der Waals surface area contributed by atoms with E-state index in [9.17, 15) is 22.8 Å². The van der Waals surface area contributed by atoms with Crippen LogP contribution in [0.3, 0.4) is 0 Å². The van der Waals surface area contributed by atoms with Crippen LogP contribution in [0.15, 0.2) is 18.2 Å². The molecule has 1 fully saturated rings. The average molecular weight is 525 g/mol. The van der Waals surface area contributed by atoms with Crippen LogP contribution in [0.2, 0.25) is 0 Å². The third-order valence-corrected chi connectivity index (χ3v) is 8.28. The number of carbonyl (C=O) groups excluding carboxylic acids is 3. The van der Waals surface area contributed by atoms with E-state index >= 15 is 0 Å². The van der Waals surface area contributed by atoms with Gasteiger partial charge >= 0.3 is 5.97 Å². The molecule has 0 aromatic heterocycles. The molecule has 2 amide bonds. The summed E-state index contributed by atoms with van der Waals surface area (Å²) in [7, 11) is -3.85. The molecule has 0 radical (unpaired) electrons. The van der Waals surface area contributed by atoms with Gasteiger partial charge in [-0.1, -0.05) is 11.6 Å². The van der Waals surface area contributed by atoms with Gasteiger partial charge in [0.25, 0.3) is 16.1 Å². The van der Waals surface area contributed by atoms with Gasteiger partial charge in [0.1, 0.15) is 12.4 Å². The van der Waals surface area contributed by atoms with E-state index in [-0.39, 0.29) is 76.0 Å². The Bertz CT molecular complexity index is 1040. The third kappa shape index (κ3) is 7.40. The van der Waals surface area contributed by atoms with Gasteiger partial charge < -0.3 is 20.1 Å². The molecule has 12 heteroatoms. The fraction of sp³-hybridized carbons (Fsp3) is 0.625. The molecule has 1 saturated heterocycles. The van der Waals surface area contributed by atoms with E-state index in [0.29, 0.717) is 37.2 Å². The standard InChI is InChI=1S/C24H36N4O7S/c1-3-34-24(31)19-8-13-28(14-9-19)36(32,33)27-12-4-5-22(29)25-11-16-35-21-7-6-18(2)17-20(21)23(30)26-10-15-27/h6-7,17,19H,3-5,8-16H2,1-2H3,(H,25,29)(H,26,30). The molecule has 0 atom stereocenters. The van der Waals surface area contributed by atoms with Crippen LogP contribution < -0.4 is 15.4 Å². The van der Waals surface area contributed by atoms with Crippen molar-refractivity contribution in [2.24, 2.45) is 5.92 Å². The van der Waals surface area contributed by atoms with E-state index in [2.05, 4.69) is 10.6 Å². The highest BCUT2D eigenvalue weighted by Gasteiger charge is 2.35. The maximum atomic E-state index is 13.4. The minimum absolute atomic E-state index is 0.0511. The number of nitrogens with one attached hydrogen (secondary N) is 2. The normalized spacial score (nSPS) is 20.2. The average Bonchev–Trinajstić information content (AvgIpc) is 2.86. The number of hydrogen-bond acceptors (Lipinski definition) is 7. The van der Waals surface area contributed by atoms with Crippen LogP contribution in [-0.4, -0.2) is 87.3 Å². The Labute approximate surface area is 212 Å². The van der Waals surface area contributed by atoms with Gasteiger partial charge in [-0.3, -0.25) is 14.4 Å². The summed E-state index contributed by atoms with van der Waals surface area (Å²) in [6.45, 7) is 5.07. The quantitative estimate of drug-likeness (QED) is 0.557. The monoisotopic (exact) mass is 524 g/mol. The van der Waals surface area contributed by atoms with Crippen LogP contribution in [0.25, 0.3) is 0 Å². The Kier molecular flexibility index (Phi) is 10.1. The zero-order valence-corrected chi connectivity index (χ0v) is 21.8. The van der Waals surface area contributed by atoms with Crippen molar-refractivity contribution in [3.05, 3.63) is 29.3 Å². The summed E-state index contributed by atoms with van der Waals surface area (Å²) in [4.78, 5) is 37.1. The SMILES string of the molecule is CCOC(=O)C1CCN(S(=O)(=O)N2CCCC(=O)NCCOc3ccc(C)cc3C(=O)NCC2)CC1. The number of amides is 2. The first-order chi connectivity index (χ1) is 17.2. The lowest BCUT2D eigenvalue weighted by Gasteiger charge is -2.34. The molecule has 2 aliphatic rings. The van der Waals surface area contributed by atoms with Crippen molar-refractivity contribution < 1.29 is 32.3 Å². The van der Waals surface area contributed by atoms with Crippen LogP contribution in [0.4, 0.5) is 0 Å². The predicted molar refractivity (Wildman–Crippen MR) is 133 cm³/mol. The van der Waals surface area contributed by atoms with Crippen molar-refractivity contribution in [1.29, 1.82) is 0 Å². The highest BCUT2D eigenvalue weighted by molar-refractivity contribution is 7.86. The fourth-order valence-corrected chi connectivity index (χ4v) is 5.96. The molecule has 2 N–H and O–H groups in total. The minimum atomic E-state index is -3.85. The Morgan fingerprint density at radius 3 is 2.53 bits per heavy atom. The highest BCUT2D eigenvalue weighted by atomic mass is 32.2. The lowest BCUT2D eigenvalue weighted by atomic mass is 9.98. The summed E-state index contributed by atoms with van der Waals surface area (Å²) in [5.74, 6) is -0.763. The van der Waals surface area contributed by atoms with Crippen molar-refractivity contribution in [2.75, 3.05) is 52.5 Å². The van der Waals surface area contributed by atoms with Gasteiger partial charge in [-0.25, -0.2) is 0 Å². The molecule has 1 aromatic rings. The van der Waals surface area contributed by atoms with Crippen molar-refractivity contribution >= 4 is 28.0 Å². The minimum Gasteiger partial charge on any atom is -0.491 e. The molecular formula is C24H36N4O7S.